The number of nitrogens with one attached hydrogen (secondary N) is 2. The van der Waals surface area contributed by atoms with Crippen LogP contribution in [0, 0.1) is 5.92 Å². The Morgan fingerprint density at radius 3 is 2.60 bits per heavy atom. The molecule has 2 fully saturated rings. The van der Waals surface area contributed by atoms with Crippen LogP contribution in [0.2, 0.25) is 0 Å². The predicted octanol–water partition coefficient (Wildman–Crippen LogP) is 3.53. The quantitative estimate of drug-likeness (QED) is 0.250. The number of guanidine groups is 1. The summed E-state index contributed by atoms with van der Waals surface area (Å²) in [6, 6.07) is 0.330. The Kier molecular flexibility index (Phi) is 11.5. The number of nitrogens with zero attached hydrogens (tertiary/aromatic N) is 2. The van der Waals surface area contributed by atoms with Crippen LogP contribution in [0.15, 0.2) is 4.99 Å². The average Bonchev–Trinajstić information content (AvgIpc) is 3.25. The van der Waals surface area contributed by atoms with Crippen LogP contribution >= 0.6 is 24.0 Å². The molecule has 1 aliphatic carbocycles. The monoisotopic (exact) mass is 464 g/mol. The third kappa shape index (κ3) is 8.13. The highest BCUT2D eigenvalue weighted by Gasteiger charge is 2.25. The Morgan fingerprint density at radius 2 is 1.92 bits per heavy atom. The molecule has 5 nitrogen and oxygen atoms in total. The van der Waals surface area contributed by atoms with Gasteiger partial charge in [0.2, 0.25) is 5.91 Å². The zero-order valence-corrected chi connectivity index (χ0v) is 18.4. The zero-order chi connectivity index (χ0) is 17.2. The topological polar surface area (TPSA) is 56.7 Å². The van der Waals surface area contributed by atoms with Crippen molar-refractivity contribution in [2.75, 3.05) is 26.2 Å². The standard InChI is InChI=1S/C19H36N4O.HI/c1-3-18(24)23-14-12-17(15-23)22-19(20-4-2)21-13-8-7-11-16-9-5-6-10-16;/h16-17H,3-15H2,1-2H3,(H2,20,21,22);1H. The van der Waals surface area contributed by atoms with E-state index in [0.29, 0.717) is 12.5 Å². The molecular formula is C19H37IN4O. The third-order valence-corrected chi connectivity index (χ3v) is 5.29. The fourth-order valence-electron chi connectivity index (χ4n) is 3.88. The molecule has 6 heteroatoms. The minimum Gasteiger partial charge on any atom is -0.357 e. The molecule has 0 radical (unpaired) electrons. The highest BCUT2D eigenvalue weighted by molar-refractivity contribution is 14.0. The second-order valence-electron chi connectivity index (χ2n) is 7.23. The first-order valence-corrected chi connectivity index (χ1v) is 10.1. The van der Waals surface area contributed by atoms with Crippen LogP contribution in [0.4, 0.5) is 0 Å². The van der Waals surface area contributed by atoms with Gasteiger partial charge in [0.1, 0.15) is 0 Å². The molecule has 0 bridgehead atoms. The third-order valence-electron chi connectivity index (χ3n) is 5.29. The Bertz CT molecular complexity index is 410. The number of unbranched alkanes of at least 4 members (excludes halogenated alkanes) is 1. The fraction of sp³-hybridized carbons (Fsp3) is 0.895. The van der Waals surface area contributed by atoms with Gasteiger partial charge < -0.3 is 15.5 Å². The van der Waals surface area contributed by atoms with Gasteiger partial charge >= 0.3 is 0 Å². The molecule has 0 aromatic heterocycles. The first-order valence-electron chi connectivity index (χ1n) is 10.1. The van der Waals surface area contributed by atoms with Crippen LogP contribution in [0.25, 0.3) is 0 Å². The first-order chi connectivity index (χ1) is 11.7. The van der Waals surface area contributed by atoms with Gasteiger partial charge in [-0.1, -0.05) is 45.4 Å². The Hall–Kier alpha value is -0.530. The summed E-state index contributed by atoms with van der Waals surface area (Å²) in [5, 5.41) is 6.84. The zero-order valence-electron chi connectivity index (χ0n) is 16.1. The molecule has 1 amide bonds. The van der Waals surface area contributed by atoms with E-state index in [2.05, 4.69) is 17.6 Å². The summed E-state index contributed by atoms with van der Waals surface area (Å²) in [7, 11) is 0. The van der Waals surface area contributed by atoms with Crippen LogP contribution in [-0.4, -0.2) is 49.0 Å². The van der Waals surface area contributed by atoms with Crippen molar-refractivity contribution in [2.45, 2.75) is 77.7 Å². The summed E-state index contributed by atoms with van der Waals surface area (Å²) in [5.41, 5.74) is 0. The number of hydrogen-bond donors (Lipinski definition) is 2. The fourth-order valence-corrected chi connectivity index (χ4v) is 3.88. The van der Waals surface area contributed by atoms with E-state index in [-0.39, 0.29) is 29.9 Å². The summed E-state index contributed by atoms with van der Waals surface area (Å²) in [4.78, 5) is 18.5. The SMILES string of the molecule is CCNC(=NCCCCC1CCCC1)NC1CCN(C(=O)CC)C1.I. The Labute approximate surface area is 170 Å². The summed E-state index contributed by atoms with van der Waals surface area (Å²) in [6.45, 7) is 7.47. The lowest BCUT2D eigenvalue weighted by Gasteiger charge is -2.18. The average molecular weight is 464 g/mol. The van der Waals surface area contributed by atoms with E-state index in [1.807, 2.05) is 11.8 Å². The molecule has 0 spiro atoms. The summed E-state index contributed by atoms with van der Waals surface area (Å²) in [6.07, 6.45) is 11.3. The second-order valence-corrected chi connectivity index (χ2v) is 7.23. The number of likely N-dealkylation sites (tertiary alicyclic amines) is 1. The number of carbonyl (C=O) groups is 1. The van der Waals surface area contributed by atoms with Gasteiger partial charge in [-0.25, -0.2) is 0 Å². The maximum absolute atomic E-state index is 11.8. The summed E-state index contributed by atoms with van der Waals surface area (Å²) < 4.78 is 0. The van der Waals surface area contributed by atoms with E-state index < -0.39 is 0 Å². The number of carbonyl (C=O) groups excluding carboxylic acids is 1. The normalized spacial score (nSPS) is 21.3. The maximum Gasteiger partial charge on any atom is 0.222 e. The van der Waals surface area contributed by atoms with Crippen molar-refractivity contribution in [3.63, 3.8) is 0 Å². The minimum absolute atomic E-state index is 0. The largest absolute Gasteiger partial charge is 0.357 e. The van der Waals surface area contributed by atoms with Gasteiger partial charge in [-0.15, -0.1) is 24.0 Å². The molecule has 0 aromatic carbocycles. The maximum atomic E-state index is 11.8. The molecule has 2 aliphatic rings. The first kappa shape index (κ1) is 22.5. The number of aliphatic imine (C=N–C) groups is 1. The minimum atomic E-state index is 0. The predicted molar refractivity (Wildman–Crippen MR) is 116 cm³/mol. The molecule has 1 unspecified atom stereocenters. The molecule has 0 aromatic rings. The van der Waals surface area contributed by atoms with Crippen LogP contribution in [-0.2, 0) is 4.79 Å². The van der Waals surface area contributed by atoms with Crippen LogP contribution < -0.4 is 10.6 Å². The van der Waals surface area contributed by atoms with Crippen molar-refractivity contribution < 1.29 is 4.79 Å². The van der Waals surface area contributed by atoms with Crippen molar-refractivity contribution in [3.8, 4) is 0 Å². The lowest BCUT2D eigenvalue weighted by molar-refractivity contribution is -0.129. The van der Waals surface area contributed by atoms with Gasteiger partial charge in [0, 0.05) is 38.6 Å². The highest BCUT2D eigenvalue weighted by Crippen LogP contribution is 2.28. The van der Waals surface area contributed by atoms with Crippen molar-refractivity contribution in [1.29, 1.82) is 0 Å². The Morgan fingerprint density at radius 1 is 1.16 bits per heavy atom. The highest BCUT2D eigenvalue weighted by atomic mass is 127. The van der Waals surface area contributed by atoms with Crippen molar-refractivity contribution in [3.05, 3.63) is 0 Å². The molecule has 1 heterocycles. The smallest absolute Gasteiger partial charge is 0.222 e. The van der Waals surface area contributed by atoms with Crippen molar-refractivity contribution in [2.24, 2.45) is 10.9 Å². The van der Waals surface area contributed by atoms with Gasteiger partial charge in [0.15, 0.2) is 5.96 Å². The summed E-state index contributed by atoms with van der Waals surface area (Å²) >= 11 is 0. The van der Waals surface area contributed by atoms with E-state index in [1.54, 1.807) is 0 Å². The van der Waals surface area contributed by atoms with E-state index in [1.165, 1.54) is 44.9 Å². The molecule has 2 N–H and O–H groups in total. The molecule has 25 heavy (non-hydrogen) atoms. The van der Waals surface area contributed by atoms with E-state index in [9.17, 15) is 4.79 Å². The van der Waals surface area contributed by atoms with Gasteiger partial charge in [-0.3, -0.25) is 9.79 Å². The van der Waals surface area contributed by atoms with Gasteiger partial charge in [-0.05, 0) is 25.7 Å². The molecule has 1 saturated heterocycles. The number of hydrogen-bond acceptors (Lipinski definition) is 2. The van der Waals surface area contributed by atoms with Crippen molar-refractivity contribution in [1.82, 2.24) is 15.5 Å². The molecule has 146 valence electrons. The van der Waals surface area contributed by atoms with Crippen molar-refractivity contribution >= 4 is 35.8 Å². The van der Waals surface area contributed by atoms with Gasteiger partial charge in [0.25, 0.3) is 0 Å². The number of rotatable bonds is 8. The van der Waals surface area contributed by atoms with E-state index >= 15 is 0 Å². The molecular weight excluding hydrogens is 427 g/mol. The Balaban J connectivity index is 0.00000312. The number of halogens is 1. The van der Waals surface area contributed by atoms with E-state index in [0.717, 1.165) is 44.5 Å². The van der Waals surface area contributed by atoms with Crippen LogP contribution in [0.5, 0.6) is 0 Å². The summed E-state index contributed by atoms with van der Waals surface area (Å²) in [5.74, 6) is 2.16. The molecule has 1 saturated carbocycles. The van der Waals surface area contributed by atoms with Crippen LogP contribution in [0.3, 0.4) is 0 Å². The van der Waals surface area contributed by atoms with Crippen LogP contribution in [0.1, 0.15) is 71.6 Å². The number of amides is 1. The van der Waals surface area contributed by atoms with E-state index in [4.69, 9.17) is 4.99 Å². The second kappa shape index (κ2) is 12.8. The molecule has 2 rings (SSSR count). The molecule has 1 aliphatic heterocycles. The lowest BCUT2D eigenvalue weighted by Crippen LogP contribution is -2.45. The van der Waals surface area contributed by atoms with Gasteiger partial charge in [0.05, 0.1) is 0 Å². The molecule has 1 atom stereocenters. The van der Waals surface area contributed by atoms with Gasteiger partial charge in [-0.2, -0.15) is 0 Å². The lowest BCUT2D eigenvalue weighted by atomic mass is 10.0.